The lowest BCUT2D eigenvalue weighted by atomic mass is 10.1. The van der Waals surface area contributed by atoms with E-state index in [0.717, 1.165) is 6.42 Å². The molecule has 1 saturated heterocycles. The zero-order chi connectivity index (χ0) is 18.6. The van der Waals surface area contributed by atoms with Gasteiger partial charge in [-0.15, -0.1) is 0 Å². The standard InChI is InChI=1S/C17H21N3O5/c1-10(2)14(15(22)19-17(18)24)25-16(23)11-5-7-12(8-6-11)20-9-3-4-13(20)21/h5-8,10,14H,3-4,9H2,1-2H3,(H3,18,19,22,24). The van der Waals surface area contributed by atoms with Gasteiger partial charge in [0.25, 0.3) is 5.91 Å². The molecule has 4 amide bonds. The maximum Gasteiger partial charge on any atom is 0.338 e. The largest absolute Gasteiger partial charge is 0.448 e. The van der Waals surface area contributed by atoms with Crippen LogP contribution >= 0.6 is 0 Å². The number of carbonyl (C=O) groups excluding carboxylic acids is 4. The first-order chi connectivity index (χ1) is 11.8. The molecule has 0 aliphatic carbocycles. The number of primary amides is 1. The highest BCUT2D eigenvalue weighted by Gasteiger charge is 2.28. The van der Waals surface area contributed by atoms with Crippen LogP contribution in [0, 0.1) is 5.92 Å². The van der Waals surface area contributed by atoms with Crippen LogP contribution in [0.3, 0.4) is 0 Å². The van der Waals surface area contributed by atoms with E-state index in [0.29, 0.717) is 18.7 Å². The number of anilines is 1. The molecule has 8 heteroatoms. The summed E-state index contributed by atoms with van der Waals surface area (Å²) in [4.78, 5) is 48.3. The SMILES string of the molecule is CC(C)C(OC(=O)c1ccc(N2CCCC2=O)cc1)C(=O)NC(N)=O. The first kappa shape index (κ1) is 18.4. The van der Waals surface area contributed by atoms with Gasteiger partial charge < -0.3 is 15.4 Å². The Labute approximate surface area is 145 Å². The first-order valence-electron chi connectivity index (χ1n) is 8.01. The zero-order valence-corrected chi connectivity index (χ0v) is 14.2. The summed E-state index contributed by atoms with van der Waals surface area (Å²) in [5.74, 6) is -1.75. The molecule has 0 saturated carbocycles. The average molecular weight is 347 g/mol. The maximum absolute atomic E-state index is 12.2. The third-order valence-electron chi connectivity index (χ3n) is 3.83. The zero-order valence-electron chi connectivity index (χ0n) is 14.2. The minimum atomic E-state index is -1.14. The van der Waals surface area contributed by atoms with E-state index < -0.39 is 24.0 Å². The van der Waals surface area contributed by atoms with E-state index in [9.17, 15) is 19.2 Å². The number of esters is 1. The Morgan fingerprint density at radius 3 is 2.32 bits per heavy atom. The molecule has 1 fully saturated rings. The van der Waals surface area contributed by atoms with Crippen LogP contribution in [0.2, 0.25) is 0 Å². The smallest absolute Gasteiger partial charge is 0.338 e. The fraction of sp³-hybridized carbons (Fsp3) is 0.412. The van der Waals surface area contributed by atoms with E-state index in [-0.39, 0.29) is 17.4 Å². The van der Waals surface area contributed by atoms with Crippen molar-refractivity contribution in [2.45, 2.75) is 32.8 Å². The molecule has 25 heavy (non-hydrogen) atoms. The van der Waals surface area contributed by atoms with Crippen molar-refractivity contribution in [3.05, 3.63) is 29.8 Å². The lowest BCUT2D eigenvalue weighted by molar-refractivity contribution is -0.130. The summed E-state index contributed by atoms with van der Waals surface area (Å²) in [6, 6.07) is 5.38. The van der Waals surface area contributed by atoms with Gasteiger partial charge in [0.15, 0.2) is 6.10 Å². The molecule has 8 nitrogen and oxygen atoms in total. The number of ether oxygens (including phenoxy) is 1. The van der Waals surface area contributed by atoms with Crippen LogP contribution in [0.5, 0.6) is 0 Å². The van der Waals surface area contributed by atoms with Gasteiger partial charge in [-0.1, -0.05) is 13.8 Å². The molecule has 1 atom stereocenters. The van der Waals surface area contributed by atoms with Crippen molar-refractivity contribution in [3.8, 4) is 0 Å². The molecule has 1 aromatic carbocycles. The maximum atomic E-state index is 12.2. The summed E-state index contributed by atoms with van der Waals surface area (Å²) in [6.07, 6.45) is 0.197. The Balaban J connectivity index is 2.07. The Kier molecular flexibility index (Phi) is 5.74. The summed E-state index contributed by atoms with van der Waals surface area (Å²) < 4.78 is 5.21. The molecule has 1 aliphatic rings. The number of amides is 4. The lowest BCUT2D eigenvalue weighted by Gasteiger charge is -2.20. The predicted octanol–water partition coefficient (Wildman–Crippen LogP) is 1.19. The summed E-state index contributed by atoms with van der Waals surface area (Å²) in [5, 5.41) is 1.91. The average Bonchev–Trinajstić information content (AvgIpc) is 2.97. The van der Waals surface area contributed by atoms with E-state index in [2.05, 4.69) is 0 Å². The number of nitrogens with one attached hydrogen (secondary N) is 1. The second-order valence-electron chi connectivity index (χ2n) is 6.12. The van der Waals surface area contributed by atoms with Crippen LogP contribution in [0.25, 0.3) is 0 Å². The molecule has 0 radical (unpaired) electrons. The minimum Gasteiger partial charge on any atom is -0.448 e. The first-order valence-corrected chi connectivity index (χ1v) is 8.01. The number of rotatable bonds is 5. The second-order valence-corrected chi connectivity index (χ2v) is 6.12. The Hall–Kier alpha value is -2.90. The molecule has 134 valence electrons. The van der Waals surface area contributed by atoms with E-state index in [1.807, 2.05) is 5.32 Å². The molecule has 1 unspecified atom stereocenters. The number of urea groups is 1. The molecule has 1 aromatic rings. The van der Waals surface area contributed by atoms with Crippen LogP contribution in [0.4, 0.5) is 10.5 Å². The van der Waals surface area contributed by atoms with Crippen molar-refractivity contribution in [1.29, 1.82) is 0 Å². The Bertz CT molecular complexity index is 684. The Morgan fingerprint density at radius 2 is 1.84 bits per heavy atom. The Morgan fingerprint density at radius 1 is 1.20 bits per heavy atom. The number of benzene rings is 1. The molecular formula is C17H21N3O5. The van der Waals surface area contributed by atoms with Gasteiger partial charge in [0.05, 0.1) is 5.56 Å². The highest BCUT2D eigenvalue weighted by molar-refractivity contribution is 5.99. The van der Waals surface area contributed by atoms with Gasteiger partial charge >= 0.3 is 12.0 Å². The van der Waals surface area contributed by atoms with Crippen LogP contribution in [-0.4, -0.2) is 36.5 Å². The number of hydrogen-bond donors (Lipinski definition) is 2. The quantitative estimate of drug-likeness (QED) is 0.776. The van der Waals surface area contributed by atoms with Crippen molar-refractivity contribution in [3.63, 3.8) is 0 Å². The highest BCUT2D eigenvalue weighted by Crippen LogP contribution is 2.22. The molecule has 1 aliphatic heterocycles. The second kappa shape index (κ2) is 7.78. The number of imide groups is 1. The van der Waals surface area contributed by atoms with E-state index >= 15 is 0 Å². The fourth-order valence-corrected chi connectivity index (χ4v) is 2.57. The van der Waals surface area contributed by atoms with Crippen molar-refractivity contribution < 1.29 is 23.9 Å². The number of nitrogens with zero attached hydrogens (tertiary/aromatic N) is 1. The summed E-state index contributed by atoms with van der Waals surface area (Å²) in [6.45, 7) is 4.02. The van der Waals surface area contributed by atoms with Crippen LogP contribution in [-0.2, 0) is 14.3 Å². The van der Waals surface area contributed by atoms with E-state index in [1.54, 1.807) is 30.9 Å². The monoisotopic (exact) mass is 347 g/mol. The van der Waals surface area contributed by atoms with Gasteiger partial charge in [-0.3, -0.25) is 14.9 Å². The molecule has 0 spiro atoms. The molecule has 0 bridgehead atoms. The highest BCUT2D eigenvalue weighted by atomic mass is 16.5. The van der Waals surface area contributed by atoms with Gasteiger partial charge in [-0.05, 0) is 36.6 Å². The molecule has 1 heterocycles. The topological polar surface area (TPSA) is 119 Å². The van der Waals surface area contributed by atoms with Crippen molar-refractivity contribution >= 4 is 29.5 Å². The number of hydrogen-bond acceptors (Lipinski definition) is 5. The molecular weight excluding hydrogens is 326 g/mol. The van der Waals surface area contributed by atoms with Gasteiger partial charge in [-0.2, -0.15) is 0 Å². The van der Waals surface area contributed by atoms with Crippen molar-refractivity contribution in [2.75, 3.05) is 11.4 Å². The van der Waals surface area contributed by atoms with Crippen LogP contribution < -0.4 is 16.0 Å². The van der Waals surface area contributed by atoms with Crippen LogP contribution in [0.1, 0.15) is 37.0 Å². The number of nitrogens with two attached hydrogens (primary N) is 1. The summed E-state index contributed by atoms with van der Waals surface area (Å²) >= 11 is 0. The van der Waals surface area contributed by atoms with Gasteiger partial charge in [0.1, 0.15) is 0 Å². The van der Waals surface area contributed by atoms with Gasteiger partial charge in [0, 0.05) is 18.7 Å². The van der Waals surface area contributed by atoms with Crippen molar-refractivity contribution in [2.24, 2.45) is 11.7 Å². The lowest BCUT2D eigenvalue weighted by Crippen LogP contribution is -2.45. The molecule has 2 rings (SSSR count). The normalized spacial score (nSPS) is 15.2. The van der Waals surface area contributed by atoms with Gasteiger partial charge in [0.2, 0.25) is 5.91 Å². The van der Waals surface area contributed by atoms with Crippen molar-refractivity contribution in [1.82, 2.24) is 5.32 Å². The predicted molar refractivity (Wildman–Crippen MR) is 89.8 cm³/mol. The van der Waals surface area contributed by atoms with E-state index in [1.165, 1.54) is 12.1 Å². The number of carbonyl (C=O) groups is 4. The van der Waals surface area contributed by atoms with Gasteiger partial charge in [-0.25, -0.2) is 9.59 Å². The third-order valence-corrected chi connectivity index (χ3v) is 3.83. The third kappa shape index (κ3) is 4.56. The van der Waals surface area contributed by atoms with Crippen LogP contribution in [0.15, 0.2) is 24.3 Å². The summed E-state index contributed by atoms with van der Waals surface area (Å²) in [7, 11) is 0. The minimum absolute atomic E-state index is 0.0540. The molecule has 3 N–H and O–H groups in total. The molecule has 0 aromatic heterocycles. The van der Waals surface area contributed by atoms with E-state index in [4.69, 9.17) is 10.5 Å². The fourth-order valence-electron chi connectivity index (χ4n) is 2.57. The summed E-state index contributed by atoms with van der Waals surface area (Å²) in [5.41, 5.74) is 5.87.